The van der Waals surface area contributed by atoms with Crippen LogP contribution in [0.25, 0.3) is 0 Å². The van der Waals surface area contributed by atoms with E-state index >= 15 is 0 Å². The van der Waals surface area contributed by atoms with Crippen molar-refractivity contribution in [2.45, 2.75) is 32.9 Å². The van der Waals surface area contributed by atoms with Crippen LogP contribution < -0.4 is 10.2 Å². The Hall–Kier alpha value is -3.47. The second-order valence-corrected chi connectivity index (χ2v) is 7.43. The molecule has 3 aromatic rings. The quantitative estimate of drug-likeness (QED) is 0.719. The highest BCUT2D eigenvalue weighted by atomic mass is 16.2. The molecule has 0 unspecified atom stereocenters. The van der Waals surface area contributed by atoms with Crippen molar-refractivity contribution in [3.8, 4) is 0 Å². The molecule has 0 aliphatic carbocycles. The zero-order valence-corrected chi connectivity index (χ0v) is 16.6. The molecule has 4 rings (SSSR count). The van der Waals surface area contributed by atoms with E-state index in [1.807, 2.05) is 62.4 Å². The molecule has 0 saturated heterocycles. The largest absolute Gasteiger partial charge is 0.352 e. The monoisotopic (exact) mass is 385 g/mol. The van der Waals surface area contributed by atoms with Crippen molar-refractivity contribution in [1.82, 2.24) is 10.3 Å². The van der Waals surface area contributed by atoms with Gasteiger partial charge in [0.2, 0.25) is 5.91 Å². The fourth-order valence-corrected chi connectivity index (χ4v) is 3.67. The maximum absolute atomic E-state index is 13.1. The van der Waals surface area contributed by atoms with Crippen molar-refractivity contribution in [1.29, 1.82) is 0 Å². The van der Waals surface area contributed by atoms with Crippen LogP contribution >= 0.6 is 0 Å². The van der Waals surface area contributed by atoms with E-state index < -0.39 is 6.04 Å². The Bertz CT molecular complexity index is 1060. The lowest BCUT2D eigenvalue weighted by atomic mass is 10.1. The number of rotatable bonds is 5. The lowest BCUT2D eigenvalue weighted by molar-refractivity contribution is -0.121. The second-order valence-electron chi connectivity index (χ2n) is 7.43. The number of benzene rings is 2. The Labute approximate surface area is 170 Å². The number of pyridine rings is 1. The van der Waals surface area contributed by atoms with Gasteiger partial charge in [0.15, 0.2) is 0 Å². The van der Waals surface area contributed by atoms with Crippen LogP contribution in [0.15, 0.2) is 66.9 Å². The van der Waals surface area contributed by atoms with E-state index in [-0.39, 0.29) is 18.2 Å². The Morgan fingerprint density at radius 2 is 1.83 bits per heavy atom. The minimum absolute atomic E-state index is 0.112. The summed E-state index contributed by atoms with van der Waals surface area (Å²) in [7, 11) is 0. The molecule has 29 heavy (non-hydrogen) atoms. The van der Waals surface area contributed by atoms with E-state index in [2.05, 4.69) is 10.3 Å². The molecule has 0 bridgehead atoms. The summed E-state index contributed by atoms with van der Waals surface area (Å²) in [5.41, 5.74) is 5.28. The van der Waals surface area contributed by atoms with Crippen LogP contribution in [0.2, 0.25) is 0 Å². The van der Waals surface area contributed by atoms with Gasteiger partial charge in [0.25, 0.3) is 5.91 Å². The average Bonchev–Trinajstić information content (AvgIpc) is 2.99. The summed E-state index contributed by atoms with van der Waals surface area (Å²) in [4.78, 5) is 31.9. The van der Waals surface area contributed by atoms with Gasteiger partial charge in [-0.15, -0.1) is 0 Å². The summed E-state index contributed by atoms with van der Waals surface area (Å²) in [5, 5.41) is 2.97. The van der Waals surface area contributed by atoms with Crippen molar-refractivity contribution >= 4 is 17.5 Å². The number of carbonyl (C=O) groups excluding carboxylic acids is 2. The van der Waals surface area contributed by atoms with Crippen LogP contribution in [0.5, 0.6) is 0 Å². The SMILES string of the molecule is Cc1ccc(CNC(=O)C[C@@H]2c3ncccc3C(=O)N2c2cccc(C)c2)cc1. The van der Waals surface area contributed by atoms with Crippen molar-refractivity contribution in [3.05, 3.63) is 94.8 Å². The molecule has 0 saturated carbocycles. The predicted octanol–water partition coefficient (Wildman–Crippen LogP) is 4.11. The van der Waals surface area contributed by atoms with Crippen LogP contribution in [0, 0.1) is 13.8 Å². The average molecular weight is 385 g/mol. The van der Waals surface area contributed by atoms with Crippen LogP contribution in [0.1, 0.15) is 45.2 Å². The molecule has 1 N–H and O–H groups in total. The van der Waals surface area contributed by atoms with Crippen molar-refractivity contribution in [2.75, 3.05) is 4.90 Å². The first-order chi connectivity index (χ1) is 14.0. The van der Waals surface area contributed by atoms with Crippen molar-refractivity contribution < 1.29 is 9.59 Å². The van der Waals surface area contributed by atoms with Crippen molar-refractivity contribution in [2.24, 2.45) is 0 Å². The highest BCUT2D eigenvalue weighted by Crippen LogP contribution is 2.38. The maximum Gasteiger partial charge on any atom is 0.260 e. The van der Waals surface area contributed by atoms with E-state index in [4.69, 9.17) is 0 Å². The summed E-state index contributed by atoms with van der Waals surface area (Å²) < 4.78 is 0. The molecule has 2 aromatic carbocycles. The lowest BCUT2D eigenvalue weighted by Gasteiger charge is -2.25. The Kier molecular flexibility index (Phi) is 5.12. The molecular weight excluding hydrogens is 362 g/mol. The third-order valence-electron chi connectivity index (χ3n) is 5.18. The number of nitrogens with zero attached hydrogens (tertiary/aromatic N) is 2. The van der Waals surface area contributed by atoms with Crippen LogP contribution in [-0.4, -0.2) is 16.8 Å². The number of hydrogen-bond donors (Lipinski definition) is 1. The van der Waals surface area contributed by atoms with Gasteiger partial charge in [0, 0.05) is 18.4 Å². The molecule has 1 aliphatic rings. The zero-order chi connectivity index (χ0) is 20.4. The number of aryl methyl sites for hydroxylation is 2. The number of hydrogen-bond acceptors (Lipinski definition) is 3. The molecule has 146 valence electrons. The van der Waals surface area contributed by atoms with Gasteiger partial charge in [-0.25, -0.2) is 0 Å². The van der Waals surface area contributed by atoms with E-state index in [0.29, 0.717) is 17.8 Å². The number of fused-ring (bicyclic) bond motifs is 1. The van der Waals surface area contributed by atoms with Gasteiger partial charge in [-0.05, 0) is 49.2 Å². The van der Waals surface area contributed by atoms with E-state index in [1.165, 1.54) is 5.56 Å². The number of aromatic nitrogens is 1. The van der Waals surface area contributed by atoms with Gasteiger partial charge >= 0.3 is 0 Å². The second kappa shape index (κ2) is 7.87. The van der Waals surface area contributed by atoms with E-state index in [1.54, 1.807) is 23.2 Å². The Morgan fingerprint density at radius 1 is 1.03 bits per heavy atom. The summed E-state index contributed by atoms with van der Waals surface area (Å²) >= 11 is 0. The molecule has 5 nitrogen and oxygen atoms in total. The maximum atomic E-state index is 13.1. The highest BCUT2D eigenvalue weighted by molar-refractivity contribution is 6.11. The van der Waals surface area contributed by atoms with Gasteiger partial charge < -0.3 is 5.32 Å². The summed E-state index contributed by atoms with van der Waals surface area (Å²) in [6.07, 6.45) is 1.83. The highest BCUT2D eigenvalue weighted by Gasteiger charge is 2.39. The molecule has 5 heteroatoms. The van der Waals surface area contributed by atoms with Gasteiger partial charge in [0.05, 0.1) is 23.7 Å². The number of amides is 2. The summed E-state index contributed by atoms with van der Waals surface area (Å²) in [6, 6.07) is 18.9. The van der Waals surface area contributed by atoms with E-state index in [0.717, 1.165) is 16.8 Å². The van der Waals surface area contributed by atoms with Crippen LogP contribution in [-0.2, 0) is 11.3 Å². The molecule has 1 aromatic heterocycles. The minimum atomic E-state index is -0.418. The van der Waals surface area contributed by atoms with Gasteiger partial charge in [-0.1, -0.05) is 42.0 Å². The normalized spacial score (nSPS) is 15.3. The number of carbonyl (C=O) groups is 2. The zero-order valence-electron chi connectivity index (χ0n) is 16.6. The third kappa shape index (κ3) is 3.90. The van der Waals surface area contributed by atoms with Gasteiger partial charge in [0.1, 0.15) is 0 Å². The molecule has 0 spiro atoms. The fourth-order valence-electron chi connectivity index (χ4n) is 3.67. The predicted molar refractivity (Wildman–Crippen MR) is 113 cm³/mol. The molecule has 0 radical (unpaired) electrons. The van der Waals surface area contributed by atoms with Gasteiger partial charge in [-0.3, -0.25) is 19.5 Å². The summed E-state index contributed by atoms with van der Waals surface area (Å²) in [5.74, 6) is -0.227. The molecule has 2 heterocycles. The summed E-state index contributed by atoms with van der Waals surface area (Å²) in [6.45, 7) is 4.47. The Morgan fingerprint density at radius 3 is 2.59 bits per heavy atom. The topological polar surface area (TPSA) is 62.3 Å². The first kappa shape index (κ1) is 18.9. The standard InChI is InChI=1S/C24H23N3O2/c1-16-8-10-18(11-9-16)15-26-22(28)14-21-23-20(7-4-12-25-23)24(29)27(21)19-6-3-5-17(2)13-19/h3-13,21H,14-15H2,1-2H3,(H,26,28)/t21-/m1/s1. The smallest absolute Gasteiger partial charge is 0.260 e. The Balaban J connectivity index is 1.56. The lowest BCUT2D eigenvalue weighted by Crippen LogP contribution is -2.33. The van der Waals surface area contributed by atoms with Crippen LogP contribution in [0.3, 0.4) is 0 Å². The minimum Gasteiger partial charge on any atom is -0.352 e. The first-order valence-electron chi connectivity index (χ1n) is 9.70. The number of nitrogens with one attached hydrogen (secondary N) is 1. The fraction of sp³-hybridized carbons (Fsp3) is 0.208. The molecule has 1 aliphatic heterocycles. The molecule has 0 fully saturated rings. The molecular formula is C24H23N3O2. The van der Waals surface area contributed by atoms with E-state index in [9.17, 15) is 9.59 Å². The molecule has 1 atom stereocenters. The van der Waals surface area contributed by atoms with Gasteiger partial charge in [-0.2, -0.15) is 0 Å². The van der Waals surface area contributed by atoms with Crippen LogP contribution in [0.4, 0.5) is 5.69 Å². The molecule has 2 amide bonds. The third-order valence-corrected chi connectivity index (χ3v) is 5.18. The van der Waals surface area contributed by atoms with Crippen molar-refractivity contribution in [3.63, 3.8) is 0 Å². The number of anilines is 1. The first-order valence-corrected chi connectivity index (χ1v) is 9.70.